The molecule has 0 aliphatic heterocycles. The number of carbonyl (C=O) groups is 1. The van der Waals surface area contributed by atoms with Gasteiger partial charge in [0.15, 0.2) is 0 Å². The molecule has 51 heavy (non-hydrogen) atoms. The lowest BCUT2D eigenvalue weighted by Crippen LogP contribution is -2.51. The van der Waals surface area contributed by atoms with Crippen LogP contribution in [0.15, 0.2) is 30.3 Å². The second-order valence-electron chi connectivity index (χ2n) is 16.0. The number of benzene rings is 1. The Bertz CT molecular complexity index is 852. The predicted octanol–water partition coefficient (Wildman–Crippen LogP) is 16.6. The van der Waals surface area contributed by atoms with Crippen LogP contribution in [-0.2, 0) is 16.0 Å². The Morgan fingerprint density at radius 3 is 1.10 bits per heavy atom. The Morgan fingerprint density at radius 2 is 0.784 bits per heavy atom. The second-order valence-corrected chi connectivity index (χ2v) is 17.5. The fourth-order valence-electron chi connectivity index (χ4n) is 8.27. The number of ether oxygens (including phenoxy) is 1. The van der Waals surface area contributed by atoms with Crippen LogP contribution >= 0.6 is 15.9 Å². The van der Waals surface area contributed by atoms with E-state index in [1.807, 2.05) is 0 Å². The minimum Gasteiger partial charge on any atom is -0.469 e. The Morgan fingerprint density at radius 1 is 0.490 bits per heavy atom. The lowest BCUT2D eigenvalue weighted by molar-refractivity contribution is -0.156. The molecule has 0 heterocycles. The van der Waals surface area contributed by atoms with E-state index in [-0.39, 0.29) is 16.4 Å². The van der Waals surface area contributed by atoms with Crippen molar-refractivity contribution in [3.05, 3.63) is 35.9 Å². The van der Waals surface area contributed by atoms with Gasteiger partial charge in [0.25, 0.3) is 0 Å². The van der Waals surface area contributed by atoms with Gasteiger partial charge in [-0.2, -0.15) is 0 Å². The third-order valence-electron chi connectivity index (χ3n) is 11.6. The van der Waals surface area contributed by atoms with Crippen molar-refractivity contribution in [1.82, 2.24) is 6.15 Å². The van der Waals surface area contributed by atoms with Gasteiger partial charge >= 0.3 is 5.97 Å². The summed E-state index contributed by atoms with van der Waals surface area (Å²) in [6.45, 7) is 6.89. The molecule has 0 spiro atoms. The van der Waals surface area contributed by atoms with Crippen LogP contribution in [0.25, 0.3) is 0 Å². The van der Waals surface area contributed by atoms with Gasteiger partial charge < -0.3 is 10.9 Å². The maximum atomic E-state index is 14.3. The van der Waals surface area contributed by atoms with Gasteiger partial charge in [0, 0.05) is 4.32 Å². The van der Waals surface area contributed by atoms with Crippen LogP contribution in [0.4, 0.5) is 0 Å². The first kappa shape index (κ1) is 50.1. The molecule has 0 saturated heterocycles. The third kappa shape index (κ3) is 23.5. The van der Waals surface area contributed by atoms with Crippen molar-refractivity contribution in [1.29, 1.82) is 0 Å². The molecule has 0 aliphatic carbocycles. The maximum absolute atomic E-state index is 14.3. The zero-order valence-corrected chi connectivity index (χ0v) is 36.4. The normalized spacial score (nSPS) is 12.8. The van der Waals surface area contributed by atoms with Crippen molar-refractivity contribution < 1.29 is 9.53 Å². The topological polar surface area (TPSA) is 61.3 Å². The van der Waals surface area contributed by atoms with E-state index in [0.29, 0.717) is 0 Å². The molecule has 1 rings (SSSR count). The smallest absolute Gasteiger partial charge is 0.313 e. The summed E-state index contributed by atoms with van der Waals surface area (Å²) in [4.78, 5) is 14.3. The highest BCUT2D eigenvalue weighted by molar-refractivity contribution is 9.10. The first-order valence-corrected chi connectivity index (χ1v) is 23.1. The Kier molecular flexibility index (Phi) is 34.3. The van der Waals surface area contributed by atoms with Gasteiger partial charge in [0.2, 0.25) is 0 Å². The number of unbranched alkanes of at least 4 members (excludes halogenated alkanes) is 27. The minimum atomic E-state index is -0.554. The SMILES string of the molecule is CCCCCCCCCCCCC(Br)(CCCCCCCCCCCC)C(CCCCCCCCCCCC)(Cc1ccccc1)C(=O)OC.N. The summed E-state index contributed by atoms with van der Waals surface area (Å²) in [5.41, 5.74) is 0.710. The van der Waals surface area contributed by atoms with E-state index in [9.17, 15) is 4.79 Å². The molecule has 0 fully saturated rings. The molecule has 1 aromatic rings. The lowest BCUT2D eigenvalue weighted by Gasteiger charge is -2.46. The van der Waals surface area contributed by atoms with Gasteiger partial charge in [-0.05, 0) is 31.2 Å². The average Bonchev–Trinajstić information content (AvgIpc) is 3.13. The van der Waals surface area contributed by atoms with E-state index >= 15 is 0 Å². The Labute approximate surface area is 328 Å². The van der Waals surface area contributed by atoms with Gasteiger partial charge in [0.1, 0.15) is 0 Å². The largest absolute Gasteiger partial charge is 0.469 e. The summed E-state index contributed by atoms with van der Waals surface area (Å²) in [5.74, 6) is 0.00770. The molecule has 1 unspecified atom stereocenters. The van der Waals surface area contributed by atoms with Gasteiger partial charge in [-0.1, -0.05) is 260 Å². The van der Waals surface area contributed by atoms with E-state index < -0.39 is 5.41 Å². The van der Waals surface area contributed by atoms with E-state index in [0.717, 1.165) is 32.1 Å². The highest BCUT2D eigenvalue weighted by atomic mass is 79.9. The first-order valence-electron chi connectivity index (χ1n) is 22.3. The van der Waals surface area contributed by atoms with Gasteiger partial charge in [-0.3, -0.25) is 4.79 Å². The number of hydrogen-bond acceptors (Lipinski definition) is 3. The number of halogens is 1. The van der Waals surface area contributed by atoms with E-state index in [1.165, 1.54) is 192 Å². The molecule has 1 aromatic carbocycles. The number of hydrogen-bond donors (Lipinski definition) is 1. The first-order chi connectivity index (χ1) is 24.5. The monoisotopic (exact) mass is 778 g/mol. The fourth-order valence-corrected chi connectivity index (χ4v) is 9.33. The van der Waals surface area contributed by atoms with Crippen LogP contribution in [0.1, 0.15) is 238 Å². The maximum Gasteiger partial charge on any atom is 0.313 e. The van der Waals surface area contributed by atoms with Crippen LogP contribution in [0.5, 0.6) is 0 Å². The highest BCUT2D eigenvalue weighted by Crippen LogP contribution is 2.52. The number of alkyl halides is 1. The van der Waals surface area contributed by atoms with E-state index in [2.05, 4.69) is 67.0 Å². The lowest BCUT2D eigenvalue weighted by atomic mass is 9.64. The summed E-state index contributed by atoms with van der Waals surface area (Å²) >= 11 is 4.47. The van der Waals surface area contributed by atoms with E-state index in [1.54, 1.807) is 7.11 Å². The van der Waals surface area contributed by atoms with Crippen LogP contribution in [-0.4, -0.2) is 17.4 Å². The number of esters is 1. The molecule has 0 saturated carbocycles. The van der Waals surface area contributed by atoms with Crippen LogP contribution < -0.4 is 6.15 Å². The molecule has 0 aromatic heterocycles. The molecule has 0 radical (unpaired) electrons. The minimum absolute atomic E-state index is 0. The van der Waals surface area contributed by atoms with E-state index in [4.69, 9.17) is 4.74 Å². The molecular weight excluding hydrogens is 690 g/mol. The predicted molar refractivity (Wildman–Crippen MR) is 231 cm³/mol. The summed E-state index contributed by atoms with van der Waals surface area (Å²) in [6, 6.07) is 10.8. The highest BCUT2D eigenvalue weighted by Gasteiger charge is 2.54. The van der Waals surface area contributed by atoms with Crippen molar-refractivity contribution >= 4 is 21.9 Å². The van der Waals surface area contributed by atoms with Crippen molar-refractivity contribution in [3.63, 3.8) is 0 Å². The molecular formula is C47H88BrNO2. The van der Waals surface area contributed by atoms with Crippen molar-refractivity contribution in [2.24, 2.45) is 5.41 Å². The third-order valence-corrected chi connectivity index (χ3v) is 13.1. The van der Waals surface area contributed by atoms with Gasteiger partial charge in [-0.15, -0.1) is 0 Å². The van der Waals surface area contributed by atoms with Gasteiger partial charge in [-0.25, -0.2) is 0 Å². The summed E-state index contributed by atoms with van der Waals surface area (Å²) in [6.07, 6.45) is 43.7. The molecule has 3 N–H and O–H groups in total. The summed E-state index contributed by atoms with van der Waals surface area (Å²) in [7, 11) is 1.63. The van der Waals surface area contributed by atoms with Crippen LogP contribution in [0.3, 0.4) is 0 Å². The summed E-state index contributed by atoms with van der Waals surface area (Å²) in [5, 5.41) is 0. The van der Waals surface area contributed by atoms with Crippen molar-refractivity contribution in [2.75, 3.05) is 7.11 Å². The zero-order valence-electron chi connectivity index (χ0n) is 34.8. The quantitative estimate of drug-likeness (QED) is 0.0416. The number of carbonyl (C=O) groups excluding carboxylic acids is 1. The Hall–Kier alpha value is -0.870. The average molecular weight is 779 g/mol. The number of rotatable bonds is 37. The Balaban J connectivity index is 0.0000250. The zero-order chi connectivity index (χ0) is 36.4. The summed E-state index contributed by atoms with van der Waals surface area (Å²) < 4.78 is 5.56. The van der Waals surface area contributed by atoms with Crippen molar-refractivity contribution in [2.45, 2.75) is 243 Å². The standard InChI is InChI=1S/C47H85BrO2.H3N/c1-5-8-11-14-17-20-23-26-29-35-40-46(45(49)50-4,43-44-38-33-32-34-39-44)47(48,41-36-30-27-24-21-18-15-12-9-6-2)42-37-31-28-25-22-19-16-13-10-7-3;/h32-34,38-39H,5-31,35-37,40-43H2,1-4H3;1H3. The number of methoxy groups -OCH3 is 1. The second kappa shape index (κ2) is 34.9. The molecule has 0 bridgehead atoms. The molecule has 1 atom stereocenters. The molecule has 0 aliphatic rings. The van der Waals surface area contributed by atoms with Crippen LogP contribution in [0.2, 0.25) is 0 Å². The van der Waals surface area contributed by atoms with Crippen molar-refractivity contribution in [3.8, 4) is 0 Å². The molecule has 300 valence electrons. The van der Waals surface area contributed by atoms with Crippen LogP contribution in [0, 0.1) is 5.41 Å². The molecule has 0 amide bonds. The molecule has 3 nitrogen and oxygen atoms in total. The molecule has 4 heteroatoms. The fraction of sp³-hybridized carbons (Fsp3) is 0.851. The van der Waals surface area contributed by atoms with Gasteiger partial charge in [0.05, 0.1) is 12.5 Å².